The Bertz CT molecular complexity index is 931. The number of ether oxygens (including phenoxy) is 3. The molecule has 4 rings (SSSR count). The summed E-state index contributed by atoms with van der Waals surface area (Å²) in [5, 5.41) is 13.0. The fourth-order valence-corrected chi connectivity index (χ4v) is 4.03. The molecule has 10 nitrogen and oxygen atoms in total. The normalized spacial score (nSPS) is 28.2. The van der Waals surface area contributed by atoms with Crippen molar-refractivity contribution < 1.29 is 24.1 Å². The lowest BCUT2D eigenvalue weighted by molar-refractivity contribution is -0.202. The van der Waals surface area contributed by atoms with Gasteiger partial charge in [-0.15, -0.1) is 0 Å². The minimum absolute atomic E-state index is 0.0564. The van der Waals surface area contributed by atoms with Crippen LogP contribution in [-0.4, -0.2) is 60.7 Å². The molecule has 4 heterocycles. The maximum atomic E-state index is 11.7. The van der Waals surface area contributed by atoms with Gasteiger partial charge in [0, 0.05) is 6.04 Å². The number of anilines is 1. The van der Waals surface area contributed by atoms with E-state index in [1.54, 1.807) is 18.4 Å². The number of rotatable bonds is 6. The molecule has 2 saturated heterocycles. The molecule has 0 aromatic carbocycles. The van der Waals surface area contributed by atoms with Crippen molar-refractivity contribution in [2.75, 3.05) is 5.32 Å². The Morgan fingerprint density at radius 1 is 1.31 bits per heavy atom. The molecule has 11 heteroatoms. The second-order valence-electron chi connectivity index (χ2n) is 7.67. The van der Waals surface area contributed by atoms with Gasteiger partial charge in [0.1, 0.15) is 12.2 Å². The van der Waals surface area contributed by atoms with E-state index in [1.807, 2.05) is 0 Å². The average molecular weight is 426 g/mol. The molecule has 0 saturated carbocycles. The van der Waals surface area contributed by atoms with Crippen molar-refractivity contribution in [3.8, 4) is 0 Å². The highest BCUT2D eigenvalue weighted by Crippen LogP contribution is 2.44. The summed E-state index contributed by atoms with van der Waals surface area (Å²) < 4.78 is 19.2. The summed E-state index contributed by atoms with van der Waals surface area (Å²) >= 11 is 6.17. The third-order valence-corrected chi connectivity index (χ3v) is 5.44. The number of aromatic nitrogens is 4. The van der Waals surface area contributed by atoms with E-state index in [9.17, 15) is 9.90 Å². The number of fused-ring (bicyclic) bond motifs is 2. The summed E-state index contributed by atoms with van der Waals surface area (Å²) in [7, 11) is 0. The zero-order chi connectivity index (χ0) is 20.9. The molecule has 2 aliphatic rings. The molecule has 2 aromatic rings. The quantitative estimate of drug-likeness (QED) is 0.672. The smallest absolute Gasteiger partial charge is 0.335 e. The Morgan fingerprint density at radius 3 is 2.66 bits per heavy atom. The second-order valence-corrected chi connectivity index (χ2v) is 8.01. The maximum absolute atomic E-state index is 11.7. The van der Waals surface area contributed by atoms with Crippen LogP contribution in [-0.2, 0) is 19.0 Å². The van der Waals surface area contributed by atoms with Crippen LogP contribution in [0.1, 0.15) is 46.8 Å². The molecule has 4 atom stereocenters. The van der Waals surface area contributed by atoms with Gasteiger partial charge in [0.25, 0.3) is 0 Å². The van der Waals surface area contributed by atoms with E-state index >= 15 is 0 Å². The largest absolute Gasteiger partial charge is 0.479 e. The summed E-state index contributed by atoms with van der Waals surface area (Å²) in [5.41, 5.74) is 0.958. The predicted molar refractivity (Wildman–Crippen MR) is 104 cm³/mol. The molecule has 0 spiro atoms. The van der Waals surface area contributed by atoms with Crippen molar-refractivity contribution in [2.45, 2.75) is 76.9 Å². The third-order valence-electron chi connectivity index (χ3n) is 5.27. The van der Waals surface area contributed by atoms with Crippen LogP contribution in [0.5, 0.6) is 0 Å². The van der Waals surface area contributed by atoms with Crippen LogP contribution in [0.4, 0.5) is 5.82 Å². The predicted octanol–water partition coefficient (Wildman–Crippen LogP) is 2.58. The molecular formula is C18H24ClN5O5. The van der Waals surface area contributed by atoms with Gasteiger partial charge in [-0.1, -0.05) is 13.8 Å². The minimum Gasteiger partial charge on any atom is -0.479 e. The number of nitrogens with one attached hydrogen (secondary N) is 1. The molecule has 2 aromatic heterocycles. The first-order valence-electron chi connectivity index (χ1n) is 9.64. The molecule has 2 fully saturated rings. The average Bonchev–Trinajstić information content (AvgIpc) is 3.29. The number of imidazole rings is 1. The van der Waals surface area contributed by atoms with Gasteiger partial charge in [0.05, 0.1) is 6.33 Å². The fourth-order valence-electron chi connectivity index (χ4n) is 3.86. The summed E-state index contributed by atoms with van der Waals surface area (Å²) in [6.45, 7) is 7.64. The van der Waals surface area contributed by atoms with E-state index in [4.69, 9.17) is 25.8 Å². The van der Waals surface area contributed by atoms with Gasteiger partial charge in [0.2, 0.25) is 5.28 Å². The second kappa shape index (κ2) is 7.35. The number of halogens is 1. The number of carbonyl (C=O) groups is 1. The van der Waals surface area contributed by atoms with Crippen molar-refractivity contribution in [2.24, 2.45) is 0 Å². The van der Waals surface area contributed by atoms with Crippen molar-refractivity contribution in [1.29, 1.82) is 0 Å². The van der Waals surface area contributed by atoms with Crippen LogP contribution >= 0.6 is 11.6 Å². The van der Waals surface area contributed by atoms with Crippen molar-refractivity contribution in [3.63, 3.8) is 0 Å². The van der Waals surface area contributed by atoms with Gasteiger partial charge in [-0.25, -0.2) is 9.78 Å². The number of carboxylic acids is 1. The standard InChI is InChI=1S/C18H24ClN5O5/c1-5-8(6-2)21-13-9-14(23-17(19)22-13)24(7-20-9)15-11-10(12(27-15)16(25)26)28-18(3,4)29-11/h7-8,10-12,15H,5-6H2,1-4H3,(H,25,26)(H,21,22,23)/t10-,11+,12-,15+/m0/s1. The summed E-state index contributed by atoms with van der Waals surface area (Å²) in [5.74, 6) is -1.51. The molecule has 0 unspecified atom stereocenters. The Kier molecular flexibility index (Phi) is 5.14. The first-order chi connectivity index (χ1) is 13.7. The summed E-state index contributed by atoms with van der Waals surface area (Å²) in [6.07, 6.45) is 0.0434. The van der Waals surface area contributed by atoms with E-state index in [-0.39, 0.29) is 11.3 Å². The van der Waals surface area contributed by atoms with Gasteiger partial charge in [-0.05, 0) is 38.3 Å². The number of aliphatic carboxylic acids is 1. The molecule has 2 N–H and O–H groups in total. The van der Waals surface area contributed by atoms with Crippen LogP contribution in [0.3, 0.4) is 0 Å². The van der Waals surface area contributed by atoms with Crippen molar-refractivity contribution in [1.82, 2.24) is 19.5 Å². The van der Waals surface area contributed by atoms with Crippen LogP contribution in [0.25, 0.3) is 11.2 Å². The molecule has 0 radical (unpaired) electrons. The number of hydrogen-bond acceptors (Lipinski definition) is 8. The zero-order valence-corrected chi connectivity index (χ0v) is 17.4. The monoisotopic (exact) mass is 425 g/mol. The summed E-state index contributed by atoms with van der Waals surface area (Å²) in [4.78, 5) is 24.7. The SMILES string of the molecule is CCC(CC)Nc1nc(Cl)nc2c1ncn2[C@@H]1O[C@H](C(=O)O)[C@H]2OC(C)(C)O[C@H]21. The molecule has 29 heavy (non-hydrogen) atoms. The lowest BCUT2D eigenvalue weighted by Crippen LogP contribution is -2.35. The number of hydrogen-bond donors (Lipinski definition) is 2. The Labute approximate surface area is 172 Å². The molecule has 2 aliphatic heterocycles. The highest BCUT2D eigenvalue weighted by molar-refractivity contribution is 6.28. The van der Waals surface area contributed by atoms with Crippen LogP contribution in [0.15, 0.2) is 6.33 Å². The van der Waals surface area contributed by atoms with Gasteiger partial charge in [0.15, 0.2) is 35.1 Å². The van der Waals surface area contributed by atoms with E-state index in [0.29, 0.717) is 17.0 Å². The summed E-state index contributed by atoms with van der Waals surface area (Å²) in [6, 6.07) is 0.213. The molecule has 0 amide bonds. The van der Waals surface area contributed by atoms with Gasteiger partial charge in [-0.2, -0.15) is 9.97 Å². The molecule has 0 aliphatic carbocycles. The fraction of sp³-hybridized carbons (Fsp3) is 0.667. The van der Waals surface area contributed by atoms with Gasteiger partial charge < -0.3 is 24.6 Å². The number of carboxylic acid groups (broad SMARTS) is 1. The van der Waals surface area contributed by atoms with Crippen LogP contribution < -0.4 is 5.32 Å². The topological polar surface area (TPSA) is 121 Å². The Morgan fingerprint density at radius 2 is 2.00 bits per heavy atom. The van der Waals surface area contributed by atoms with E-state index in [1.165, 1.54) is 6.33 Å². The Balaban J connectivity index is 1.75. The van der Waals surface area contributed by atoms with Crippen LogP contribution in [0.2, 0.25) is 5.28 Å². The molecule has 158 valence electrons. The van der Waals surface area contributed by atoms with E-state index < -0.39 is 36.3 Å². The molecule has 0 bridgehead atoms. The lowest BCUT2D eigenvalue weighted by atomic mass is 10.1. The first-order valence-corrected chi connectivity index (χ1v) is 10.0. The van der Waals surface area contributed by atoms with Crippen molar-refractivity contribution >= 4 is 34.6 Å². The lowest BCUT2D eigenvalue weighted by Gasteiger charge is -2.23. The van der Waals surface area contributed by atoms with Gasteiger partial charge in [-0.3, -0.25) is 4.57 Å². The zero-order valence-electron chi connectivity index (χ0n) is 16.6. The Hall–Kier alpha value is -2.01. The van der Waals surface area contributed by atoms with Crippen molar-refractivity contribution in [3.05, 3.63) is 11.6 Å². The highest BCUT2D eigenvalue weighted by atomic mass is 35.5. The van der Waals surface area contributed by atoms with E-state index in [2.05, 4.69) is 34.1 Å². The first kappa shape index (κ1) is 20.3. The molecular weight excluding hydrogens is 402 g/mol. The minimum atomic E-state index is -1.16. The van der Waals surface area contributed by atoms with Crippen LogP contribution in [0, 0.1) is 0 Å². The number of nitrogens with zero attached hydrogens (tertiary/aromatic N) is 4. The van der Waals surface area contributed by atoms with Gasteiger partial charge >= 0.3 is 5.97 Å². The third kappa shape index (κ3) is 3.54. The van der Waals surface area contributed by atoms with E-state index in [0.717, 1.165) is 12.8 Å². The highest BCUT2D eigenvalue weighted by Gasteiger charge is 2.58. The maximum Gasteiger partial charge on any atom is 0.335 e.